The molecule has 2 rings (SSSR count). The molecule has 1 aromatic heterocycles. The minimum absolute atomic E-state index is 0.00638. The molecule has 0 N–H and O–H groups in total. The number of nitriles is 1. The summed E-state index contributed by atoms with van der Waals surface area (Å²) in [6.07, 6.45) is 1.76. The van der Waals surface area contributed by atoms with Crippen LogP contribution in [-0.2, 0) is 16.0 Å². The van der Waals surface area contributed by atoms with Crippen molar-refractivity contribution in [3.63, 3.8) is 0 Å². The van der Waals surface area contributed by atoms with E-state index >= 15 is 0 Å². The van der Waals surface area contributed by atoms with Crippen LogP contribution in [0, 0.1) is 16.7 Å². The van der Waals surface area contributed by atoms with Gasteiger partial charge in [-0.25, -0.2) is 4.79 Å². The zero-order chi connectivity index (χ0) is 14.0. The van der Waals surface area contributed by atoms with Gasteiger partial charge in [-0.15, -0.1) is 0 Å². The van der Waals surface area contributed by atoms with Crippen LogP contribution >= 0.6 is 15.9 Å². The van der Waals surface area contributed by atoms with E-state index in [1.165, 1.54) is 0 Å². The average molecular weight is 327 g/mol. The molecular formula is C13H15BrN2O3. The van der Waals surface area contributed by atoms with Gasteiger partial charge in [0.25, 0.3) is 0 Å². The second-order valence-corrected chi connectivity index (χ2v) is 5.82. The summed E-state index contributed by atoms with van der Waals surface area (Å²) in [6, 6.07) is 2.05. The van der Waals surface area contributed by atoms with Crippen molar-refractivity contribution in [1.29, 1.82) is 5.26 Å². The number of hydrogen-bond donors (Lipinski definition) is 0. The fourth-order valence-electron chi connectivity index (χ4n) is 2.13. The highest BCUT2D eigenvalue weighted by molar-refractivity contribution is 9.10. The quantitative estimate of drug-likeness (QED) is 0.796. The Kier molecular flexibility index (Phi) is 3.97. The molecule has 6 heteroatoms. The second-order valence-electron chi connectivity index (χ2n) is 4.96. The molecule has 19 heavy (non-hydrogen) atoms. The van der Waals surface area contributed by atoms with Crippen molar-refractivity contribution < 1.29 is 14.3 Å². The van der Waals surface area contributed by atoms with Gasteiger partial charge < -0.3 is 14.0 Å². The first kappa shape index (κ1) is 14.1. The van der Waals surface area contributed by atoms with E-state index in [2.05, 4.69) is 22.9 Å². The Morgan fingerprint density at radius 2 is 2.37 bits per heavy atom. The summed E-state index contributed by atoms with van der Waals surface area (Å²) in [5, 5.41) is 9.17. The molecule has 0 amide bonds. The minimum Gasteiger partial charge on any atom is -0.461 e. The van der Waals surface area contributed by atoms with Gasteiger partial charge in [-0.05, 0) is 22.9 Å². The topological polar surface area (TPSA) is 64.2 Å². The Morgan fingerprint density at radius 3 is 2.84 bits per heavy atom. The van der Waals surface area contributed by atoms with E-state index in [1.807, 2.05) is 6.07 Å². The third kappa shape index (κ3) is 2.67. The molecule has 1 aliphatic heterocycles. The molecular weight excluding hydrogens is 312 g/mol. The van der Waals surface area contributed by atoms with Crippen molar-refractivity contribution >= 4 is 21.9 Å². The van der Waals surface area contributed by atoms with Crippen molar-refractivity contribution in [3.05, 3.63) is 21.9 Å². The van der Waals surface area contributed by atoms with Gasteiger partial charge in [-0.1, -0.05) is 6.92 Å². The SMILES string of the molecule is CCOC(=O)c1c(C#N)c(Br)cn1CC1(C)COC1. The number of aromatic nitrogens is 1. The molecule has 1 aromatic rings. The lowest BCUT2D eigenvalue weighted by Gasteiger charge is -2.38. The molecule has 0 radical (unpaired) electrons. The normalized spacial score (nSPS) is 16.5. The maximum Gasteiger partial charge on any atom is 0.356 e. The lowest BCUT2D eigenvalue weighted by molar-refractivity contribution is -0.110. The van der Waals surface area contributed by atoms with Crippen molar-refractivity contribution in [2.45, 2.75) is 20.4 Å². The fourth-order valence-corrected chi connectivity index (χ4v) is 2.65. The van der Waals surface area contributed by atoms with E-state index in [0.29, 0.717) is 35.5 Å². The molecule has 1 saturated heterocycles. The van der Waals surface area contributed by atoms with Crippen molar-refractivity contribution in [3.8, 4) is 6.07 Å². The van der Waals surface area contributed by atoms with E-state index in [-0.39, 0.29) is 12.0 Å². The molecule has 0 unspecified atom stereocenters. The molecule has 0 bridgehead atoms. The van der Waals surface area contributed by atoms with Crippen LogP contribution in [0.2, 0.25) is 0 Å². The number of ether oxygens (including phenoxy) is 2. The van der Waals surface area contributed by atoms with Gasteiger partial charge in [-0.3, -0.25) is 0 Å². The van der Waals surface area contributed by atoms with Gasteiger partial charge >= 0.3 is 5.97 Å². The Morgan fingerprint density at radius 1 is 1.68 bits per heavy atom. The van der Waals surface area contributed by atoms with E-state index in [4.69, 9.17) is 9.47 Å². The van der Waals surface area contributed by atoms with Gasteiger partial charge in [0, 0.05) is 18.2 Å². The minimum atomic E-state index is -0.464. The van der Waals surface area contributed by atoms with Crippen molar-refractivity contribution in [2.24, 2.45) is 5.41 Å². The van der Waals surface area contributed by atoms with Gasteiger partial charge in [0.05, 0.1) is 29.9 Å². The number of carbonyl (C=O) groups excluding carboxylic acids is 1. The lowest BCUT2D eigenvalue weighted by atomic mass is 9.88. The standard InChI is InChI=1S/C13H15BrN2O3/c1-3-19-12(17)11-9(4-15)10(14)5-16(11)6-13(2)7-18-8-13/h5H,3,6-8H2,1-2H3. The molecule has 0 spiro atoms. The van der Waals surface area contributed by atoms with Gasteiger partial charge in [0.2, 0.25) is 0 Å². The van der Waals surface area contributed by atoms with Crippen molar-refractivity contribution in [2.75, 3.05) is 19.8 Å². The fraction of sp³-hybridized carbons (Fsp3) is 0.538. The van der Waals surface area contributed by atoms with Crippen LogP contribution in [0.3, 0.4) is 0 Å². The van der Waals surface area contributed by atoms with Gasteiger partial charge in [-0.2, -0.15) is 5.26 Å². The Hall–Kier alpha value is -1.32. The summed E-state index contributed by atoms with van der Waals surface area (Å²) in [5.74, 6) is -0.464. The monoisotopic (exact) mass is 326 g/mol. The first-order valence-corrected chi connectivity index (χ1v) is 6.83. The second kappa shape index (κ2) is 5.35. The van der Waals surface area contributed by atoms with Crippen LogP contribution in [-0.4, -0.2) is 30.4 Å². The van der Waals surface area contributed by atoms with Crippen LogP contribution in [0.5, 0.6) is 0 Å². The molecule has 1 aliphatic rings. The van der Waals surface area contributed by atoms with Gasteiger partial charge in [0.1, 0.15) is 11.8 Å². The van der Waals surface area contributed by atoms with E-state index < -0.39 is 5.97 Å². The molecule has 0 aromatic carbocycles. The number of halogens is 1. The molecule has 0 atom stereocenters. The Bertz CT molecular complexity index is 541. The molecule has 5 nitrogen and oxygen atoms in total. The van der Waals surface area contributed by atoms with E-state index in [9.17, 15) is 10.1 Å². The third-order valence-electron chi connectivity index (χ3n) is 3.07. The first-order valence-electron chi connectivity index (χ1n) is 6.04. The van der Waals surface area contributed by atoms with Crippen molar-refractivity contribution in [1.82, 2.24) is 4.57 Å². The summed E-state index contributed by atoms with van der Waals surface area (Å²) < 4.78 is 12.6. The Labute approximate surface area is 120 Å². The number of nitrogens with zero attached hydrogens (tertiary/aromatic N) is 2. The third-order valence-corrected chi connectivity index (χ3v) is 3.67. The predicted molar refractivity (Wildman–Crippen MR) is 71.7 cm³/mol. The zero-order valence-corrected chi connectivity index (χ0v) is 12.5. The number of esters is 1. The van der Waals surface area contributed by atoms with Crippen LogP contribution in [0.4, 0.5) is 0 Å². The van der Waals surface area contributed by atoms with Crippen LogP contribution < -0.4 is 0 Å². The highest BCUT2D eigenvalue weighted by atomic mass is 79.9. The largest absolute Gasteiger partial charge is 0.461 e. The smallest absolute Gasteiger partial charge is 0.356 e. The summed E-state index contributed by atoms with van der Waals surface area (Å²) in [7, 11) is 0. The highest BCUT2D eigenvalue weighted by Gasteiger charge is 2.35. The summed E-state index contributed by atoms with van der Waals surface area (Å²) in [6.45, 7) is 6.06. The zero-order valence-electron chi connectivity index (χ0n) is 10.9. The summed E-state index contributed by atoms with van der Waals surface area (Å²) in [4.78, 5) is 12.0. The molecule has 0 aliphatic carbocycles. The van der Waals surface area contributed by atoms with Crippen LogP contribution in [0.1, 0.15) is 29.9 Å². The van der Waals surface area contributed by atoms with E-state index in [1.54, 1.807) is 17.7 Å². The van der Waals surface area contributed by atoms with Crippen LogP contribution in [0.15, 0.2) is 10.7 Å². The molecule has 102 valence electrons. The maximum absolute atomic E-state index is 12.0. The highest BCUT2D eigenvalue weighted by Crippen LogP contribution is 2.32. The number of rotatable bonds is 4. The number of hydrogen-bond acceptors (Lipinski definition) is 4. The molecule has 1 fully saturated rings. The Balaban J connectivity index is 2.37. The lowest BCUT2D eigenvalue weighted by Crippen LogP contribution is -2.43. The molecule has 2 heterocycles. The summed E-state index contributed by atoms with van der Waals surface area (Å²) >= 11 is 3.31. The van der Waals surface area contributed by atoms with Crippen LogP contribution in [0.25, 0.3) is 0 Å². The first-order chi connectivity index (χ1) is 9.00. The predicted octanol–water partition coefficient (Wildman–Crippen LogP) is 2.34. The van der Waals surface area contributed by atoms with E-state index in [0.717, 1.165) is 0 Å². The summed E-state index contributed by atoms with van der Waals surface area (Å²) in [5.41, 5.74) is 0.638. The maximum atomic E-state index is 12.0. The molecule has 0 saturated carbocycles. The average Bonchev–Trinajstić information content (AvgIpc) is 2.63. The number of carbonyl (C=O) groups is 1. The van der Waals surface area contributed by atoms with Gasteiger partial charge in [0.15, 0.2) is 0 Å².